The fourth-order valence-corrected chi connectivity index (χ4v) is 4.49. The third-order valence-corrected chi connectivity index (χ3v) is 5.74. The lowest BCUT2D eigenvalue weighted by molar-refractivity contribution is 0.103. The molecular formula is C17H13Br2ClFN3O2. The molecule has 5 nitrogen and oxygen atoms in total. The standard InChI is InChI=1S/C17H13Br2ClFN3O2/c1-7(6-25)24-12-5-10(18)13(14(19)15(12)23-17(24)22)16(26)9-4-8(21)2-3-11(9)20/h2-5,7,25H,6H2,1H3,(H2,22,23). The second-order valence-electron chi connectivity index (χ2n) is 5.74. The lowest BCUT2D eigenvalue weighted by atomic mass is 10.0. The van der Waals surface area contributed by atoms with E-state index in [1.54, 1.807) is 17.6 Å². The van der Waals surface area contributed by atoms with E-state index in [-0.39, 0.29) is 34.7 Å². The minimum atomic E-state index is -0.559. The molecule has 1 unspecified atom stereocenters. The van der Waals surface area contributed by atoms with E-state index in [1.165, 1.54) is 12.1 Å². The molecule has 0 saturated heterocycles. The van der Waals surface area contributed by atoms with Gasteiger partial charge in [-0.25, -0.2) is 9.37 Å². The van der Waals surface area contributed by atoms with Crippen molar-refractivity contribution in [2.75, 3.05) is 12.3 Å². The van der Waals surface area contributed by atoms with Crippen LogP contribution in [0.3, 0.4) is 0 Å². The van der Waals surface area contributed by atoms with Gasteiger partial charge in [-0.05, 0) is 63.0 Å². The average Bonchev–Trinajstić information content (AvgIpc) is 2.92. The van der Waals surface area contributed by atoms with Gasteiger partial charge in [0, 0.05) is 10.0 Å². The highest BCUT2D eigenvalue weighted by molar-refractivity contribution is 9.11. The molecule has 136 valence electrons. The summed E-state index contributed by atoms with van der Waals surface area (Å²) in [4.78, 5) is 17.3. The summed E-state index contributed by atoms with van der Waals surface area (Å²) in [5.74, 6) is -0.808. The number of nitrogens with two attached hydrogens (primary N) is 1. The zero-order chi connectivity index (χ0) is 19.2. The van der Waals surface area contributed by atoms with Gasteiger partial charge in [-0.15, -0.1) is 0 Å². The summed E-state index contributed by atoms with van der Waals surface area (Å²) in [6, 6.07) is 5.01. The van der Waals surface area contributed by atoms with Crippen LogP contribution in [0, 0.1) is 5.82 Å². The molecule has 1 atom stereocenters. The largest absolute Gasteiger partial charge is 0.394 e. The number of fused-ring (bicyclic) bond motifs is 1. The highest BCUT2D eigenvalue weighted by Crippen LogP contribution is 2.37. The maximum atomic E-state index is 13.6. The van der Waals surface area contributed by atoms with Crippen LogP contribution in [0.4, 0.5) is 10.3 Å². The van der Waals surface area contributed by atoms with Gasteiger partial charge >= 0.3 is 0 Å². The first-order valence-electron chi connectivity index (χ1n) is 7.52. The Morgan fingerprint density at radius 3 is 2.77 bits per heavy atom. The predicted octanol–water partition coefficient (Wildman–Crippen LogP) is 4.72. The summed E-state index contributed by atoms with van der Waals surface area (Å²) in [7, 11) is 0. The Morgan fingerprint density at radius 2 is 2.12 bits per heavy atom. The minimum Gasteiger partial charge on any atom is -0.394 e. The maximum absolute atomic E-state index is 13.6. The maximum Gasteiger partial charge on any atom is 0.201 e. The number of benzene rings is 2. The van der Waals surface area contributed by atoms with E-state index >= 15 is 0 Å². The molecule has 3 rings (SSSR count). The van der Waals surface area contributed by atoms with Gasteiger partial charge < -0.3 is 15.4 Å². The number of ketones is 1. The fourth-order valence-electron chi connectivity index (χ4n) is 2.74. The molecule has 0 bridgehead atoms. The van der Waals surface area contributed by atoms with E-state index in [0.717, 1.165) is 6.07 Å². The van der Waals surface area contributed by atoms with Crippen LogP contribution >= 0.6 is 43.5 Å². The first kappa shape index (κ1) is 19.3. The number of aromatic nitrogens is 2. The number of anilines is 1. The number of imidazole rings is 1. The van der Waals surface area contributed by atoms with Crippen molar-refractivity contribution in [2.45, 2.75) is 13.0 Å². The SMILES string of the molecule is CC(CO)n1c(N)nc2c(Br)c(C(=O)c3cc(F)ccc3Cl)c(Br)cc21. The molecule has 3 N–H and O–H groups in total. The molecule has 0 radical (unpaired) electrons. The molecule has 0 aliphatic heterocycles. The van der Waals surface area contributed by atoms with E-state index in [0.29, 0.717) is 20.0 Å². The zero-order valence-corrected chi connectivity index (χ0v) is 17.4. The smallest absolute Gasteiger partial charge is 0.201 e. The van der Waals surface area contributed by atoms with E-state index < -0.39 is 11.6 Å². The summed E-state index contributed by atoms with van der Waals surface area (Å²) in [6.45, 7) is 1.68. The van der Waals surface area contributed by atoms with Crippen LogP contribution < -0.4 is 5.73 Å². The molecule has 3 aromatic rings. The Hall–Kier alpha value is -1.48. The van der Waals surface area contributed by atoms with Crippen LogP contribution in [0.15, 0.2) is 33.2 Å². The highest BCUT2D eigenvalue weighted by atomic mass is 79.9. The Labute approximate surface area is 170 Å². The third kappa shape index (κ3) is 3.15. The molecule has 1 aromatic heterocycles. The van der Waals surface area contributed by atoms with Crippen LogP contribution in [0.5, 0.6) is 0 Å². The molecular weight excluding hydrogens is 492 g/mol. The predicted molar refractivity (Wildman–Crippen MR) is 106 cm³/mol. The van der Waals surface area contributed by atoms with Gasteiger partial charge in [0.1, 0.15) is 11.3 Å². The molecule has 0 amide bonds. The number of nitrogens with zero attached hydrogens (tertiary/aromatic N) is 2. The highest BCUT2D eigenvalue weighted by Gasteiger charge is 2.25. The van der Waals surface area contributed by atoms with Crippen LogP contribution in [0.1, 0.15) is 28.9 Å². The molecule has 0 fully saturated rings. The Balaban J connectivity index is 2.25. The Kier molecular flexibility index (Phi) is 5.39. The van der Waals surface area contributed by atoms with Crippen molar-refractivity contribution in [3.8, 4) is 0 Å². The fraction of sp³-hybridized carbons (Fsp3) is 0.176. The van der Waals surface area contributed by atoms with Crippen molar-refractivity contribution < 1.29 is 14.3 Å². The summed E-state index contributed by atoms with van der Waals surface area (Å²) < 4.78 is 16.1. The summed E-state index contributed by atoms with van der Waals surface area (Å²) in [5, 5.41) is 9.59. The van der Waals surface area contributed by atoms with E-state index in [4.69, 9.17) is 17.3 Å². The number of hydrogen-bond acceptors (Lipinski definition) is 4. The van der Waals surface area contributed by atoms with E-state index in [9.17, 15) is 14.3 Å². The van der Waals surface area contributed by atoms with Gasteiger partial charge in [0.2, 0.25) is 5.95 Å². The van der Waals surface area contributed by atoms with Gasteiger partial charge in [0.15, 0.2) is 5.78 Å². The molecule has 9 heteroatoms. The van der Waals surface area contributed by atoms with Gasteiger partial charge in [-0.3, -0.25) is 4.79 Å². The number of halogens is 4. The minimum absolute atomic E-state index is 0.0450. The molecule has 0 saturated carbocycles. The molecule has 1 heterocycles. The monoisotopic (exact) mass is 503 g/mol. The first-order valence-corrected chi connectivity index (χ1v) is 9.48. The summed E-state index contributed by atoms with van der Waals surface area (Å²) >= 11 is 12.9. The quantitative estimate of drug-likeness (QED) is 0.503. The zero-order valence-electron chi connectivity index (χ0n) is 13.4. The number of aliphatic hydroxyl groups excluding tert-OH is 1. The number of rotatable bonds is 4. The van der Waals surface area contributed by atoms with E-state index in [1.807, 2.05) is 0 Å². The average molecular weight is 506 g/mol. The molecule has 0 aliphatic carbocycles. The Morgan fingerprint density at radius 1 is 1.42 bits per heavy atom. The van der Waals surface area contributed by atoms with Gasteiger partial charge in [0.25, 0.3) is 0 Å². The van der Waals surface area contributed by atoms with Crippen LogP contribution in [0.25, 0.3) is 11.0 Å². The van der Waals surface area contributed by atoms with Crippen molar-refractivity contribution in [3.05, 3.63) is 55.2 Å². The number of nitrogen functional groups attached to an aromatic ring is 1. The number of carbonyl (C=O) groups is 1. The molecule has 0 spiro atoms. The van der Waals surface area contributed by atoms with E-state index in [2.05, 4.69) is 36.8 Å². The lowest BCUT2D eigenvalue weighted by Gasteiger charge is -2.14. The molecule has 26 heavy (non-hydrogen) atoms. The second-order valence-corrected chi connectivity index (χ2v) is 7.79. The summed E-state index contributed by atoms with van der Waals surface area (Å²) in [6.07, 6.45) is 0. The summed E-state index contributed by atoms with van der Waals surface area (Å²) in [5.41, 5.74) is 7.38. The van der Waals surface area contributed by atoms with Crippen molar-refractivity contribution >= 4 is 66.2 Å². The van der Waals surface area contributed by atoms with Crippen LogP contribution in [0.2, 0.25) is 5.02 Å². The number of aliphatic hydroxyl groups is 1. The van der Waals surface area contributed by atoms with Gasteiger partial charge in [-0.1, -0.05) is 11.6 Å². The van der Waals surface area contributed by atoms with Crippen molar-refractivity contribution in [2.24, 2.45) is 0 Å². The topological polar surface area (TPSA) is 81.1 Å². The lowest BCUT2D eigenvalue weighted by Crippen LogP contribution is -2.12. The molecule has 2 aromatic carbocycles. The van der Waals surface area contributed by atoms with Gasteiger partial charge in [0.05, 0.1) is 33.2 Å². The van der Waals surface area contributed by atoms with Crippen LogP contribution in [-0.2, 0) is 0 Å². The van der Waals surface area contributed by atoms with Crippen molar-refractivity contribution in [1.82, 2.24) is 9.55 Å². The normalized spacial score (nSPS) is 12.5. The third-order valence-electron chi connectivity index (χ3n) is 4.01. The van der Waals surface area contributed by atoms with Crippen LogP contribution in [-0.4, -0.2) is 27.0 Å². The Bertz CT molecular complexity index is 1040. The van der Waals surface area contributed by atoms with Crippen molar-refractivity contribution in [1.29, 1.82) is 0 Å². The second kappa shape index (κ2) is 7.26. The number of hydrogen-bond donors (Lipinski definition) is 2. The molecule has 0 aliphatic rings. The first-order chi connectivity index (χ1) is 12.3. The van der Waals surface area contributed by atoms with Crippen molar-refractivity contribution in [3.63, 3.8) is 0 Å². The van der Waals surface area contributed by atoms with Gasteiger partial charge in [-0.2, -0.15) is 0 Å². The number of carbonyl (C=O) groups excluding carboxylic acids is 1.